The Morgan fingerprint density at radius 1 is 1.55 bits per heavy atom. The average molecular weight is 386 g/mol. The zero-order valence-corrected chi connectivity index (χ0v) is 12.7. The minimum absolute atomic E-state index is 0.104. The number of carbonyl (C=O) groups is 1. The molecular weight excluding hydrogens is 375 g/mol. The molecule has 20 heavy (non-hydrogen) atoms. The number of nitrogens with zero attached hydrogens (tertiary/aromatic N) is 3. The summed E-state index contributed by atoms with van der Waals surface area (Å²) in [7, 11) is 0. The molecule has 0 aliphatic rings. The first-order chi connectivity index (χ1) is 9.51. The number of halogens is 1. The van der Waals surface area contributed by atoms with Crippen LogP contribution in [-0.4, -0.2) is 20.4 Å². The Morgan fingerprint density at radius 2 is 2.30 bits per heavy atom. The van der Waals surface area contributed by atoms with Crippen LogP contribution in [0.25, 0.3) is 0 Å². The Kier molecular flexibility index (Phi) is 4.32. The highest BCUT2D eigenvalue weighted by atomic mass is 127. The molecule has 2 heterocycles. The Labute approximate surface area is 128 Å². The van der Waals surface area contributed by atoms with E-state index in [9.17, 15) is 14.9 Å². The van der Waals surface area contributed by atoms with Gasteiger partial charge in [0, 0.05) is 22.4 Å². The topological polar surface area (TPSA) is 90.1 Å². The van der Waals surface area contributed by atoms with Gasteiger partial charge in [0.15, 0.2) is 0 Å². The summed E-state index contributed by atoms with van der Waals surface area (Å²) < 4.78 is 2.48. The molecule has 8 heteroatoms. The van der Waals surface area contributed by atoms with Gasteiger partial charge in [0.25, 0.3) is 11.6 Å². The largest absolute Gasteiger partial charge is 0.337 e. The van der Waals surface area contributed by atoms with Crippen LogP contribution in [0.5, 0.6) is 0 Å². The SMILES string of the molecule is CCn1cc([N+](=O)[O-])cc1C(=O)Nc1ccc(I)cn1. The van der Waals surface area contributed by atoms with Gasteiger partial charge in [-0.2, -0.15) is 0 Å². The van der Waals surface area contributed by atoms with Crippen LogP contribution in [-0.2, 0) is 6.54 Å². The van der Waals surface area contributed by atoms with Gasteiger partial charge in [0.2, 0.25) is 0 Å². The van der Waals surface area contributed by atoms with Gasteiger partial charge < -0.3 is 9.88 Å². The molecule has 0 radical (unpaired) electrons. The van der Waals surface area contributed by atoms with Crippen molar-refractivity contribution < 1.29 is 9.72 Å². The summed E-state index contributed by atoms with van der Waals surface area (Å²) >= 11 is 2.11. The van der Waals surface area contributed by atoms with Crippen LogP contribution in [0.1, 0.15) is 17.4 Å². The van der Waals surface area contributed by atoms with Crippen molar-refractivity contribution in [2.45, 2.75) is 13.5 Å². The van der Waals surface area contributed by atoms with Crippen molar-refractivity contribution in [1.82, 2.24) is 9.55 Å². The molecule has 2 aromatic rings. The number of amides is 1. The van der Waals surface area contributed by atoms with Crippen molar-refractivity contribution in [1.29, 1.82) is 0 Å². The van der Waals surface area contributed by atoms with Gasteiger partial charge in [-0.15, -0.1) is 0 Å². The summed E-state index contributed by atoms with van der Waals surface area (Å²) in [5.74, 6) is -0.0180. The number of anilines is 1. The molecule has 0 fully saturated rings. The first-order valence-electron chi connectivity index (χ1n) is 5.78. The fourth-order valence-electron chi connectivity index (χ4n) is 1.68. The standard InChI is InChI=1S/C12H11IN4O3/c1-2-16-7-9(17(19)20)5-10(16)12(18)15-11-4-3-8(13)6-14-11/h3-7H,2H2,1H3,(H,14,15,18). The lowest BCUT2D eigenvalue weighted by Crippen LogP contribution is -2.17. The molecule has 0 aliphatic heterocycles. The summed E-state index contributed by atoms with van der Waals surface area (Å²) in [6.45, 7) is 2.28. The van der Waals surface area contributed by atoms with E-state index < -0.39 is 10.8 Å². The van der Waals surface area contributed by atoms with E-state index in [1.165, 1.54) is 16.8 Å². The molecule has 0 aromatic carbocycles. The maximum atomic E-state index is 12.1. The number of hydrogen-bond acceptors (Lipinski definition) is 4. The number of aromatic nitrogens is 2. The van der Waals surface area contributed by atoms with Gasteiger partial charge in [0.05, 0.1) is 11.1 Å². The van der Waals surface area contributed by atoms with Gasteiger partial charge in [-0.3, -0.25) is 14.9 Å². The number of carbonyl (C=O) groups excluding carboxylic acids is 1. The lowest BCUT2D eigenvalue weighted by molar-refractivity contribution is -0.384. The third-order valence-corrected chi connectivity index (χ3v) is 3.27. The fraction of sp³-hybridized carbons (Fsp3) is 0.167. The van der Waals surface area contributed by atoms with Crippen LogP contribution in [0.2, 0.25) is 0 Å². The maximum Gasteiger partial charge on any atom is 0.287 e. The summed E-state index contributed by atoms with van der Waals surface area (Å²) in [6.07, 6.45) is 2.97. The molecule has 7 nitrogen and oxygen atoms in total. The Hall–Kier alpha value is -1.97. The number of aryl methyl sites for hydroxylation is 1. The van der Waals surface area contributed by atoms with Crippen LogP contribution in [0.15, 0.2) is 30.6 Å². The van der Waals surface area contributed by atoms with E-state index in [0.29, 0.717) is 12.4 Å². The maximum absolute atomic E-state index is 12.1. The molecule has 0 bridgehead atoms. The molecule has 0 saturated heterocycles. The molecule has 0 unspecified atom stereocenters. The summed E-state index contributed by atoms with van der Waals surface area (Å²) in [4.78, 5) is 26.4. The lowest BCUT2D eigenvalue weighted by atomic mass is 10.3. The van der Waals surface area contributed by atoms with E-state index in [1.54, 1.807) is 12.3 Å². The number of rotatable bonds is 4. The molecule has 1 amide bonds. The van der Waals surface area contributed by atoms with E-state index in [0.717, 1.165) is 3.57 Å². The van der Waals surface area contributed by atoms with E-state index in [1.807, 2.05) is 13.0 Å². The Balaban J connectivity index is 2.24. The number of hydrogen-bond donors (Lipinski definition) is 1. The second-order valence-corrected chi connectivity index (χ2v) is 5.19. The normalized spacial score (nSPS) is 10.3. The van der Waals surface area contributed by atoms with Crippen molar-refractivity contribution in [2.75, 3.05) is 5.32 Å². The second-order valence-electron chi connectivity index (χ2n) is 3.94. The molecule has 2 rings (SSSR count). The van der Waals surface area contributed by atoms with Crippen molar-refractivity contribution in [2.24, 2.45) is 0 Å². The van der Waals surface area contributed by atoms with Crippen LogP contribution in [0, 0.1) is 13.7 Å². The number of nitro groups is 1. The van der Waals surface area contributed by atoms with E-state index in [-0.39, 0.29) is 11.4 Å². The molecule has 104 valence electrons. The highest BCUT2D eigenvalue weighted by Gasteiger charge is 2.18. The van der Waals surface area contributed by atoms with Crippen LogP contribution in [0.4, 0.5) is 11.5 Å². The Bertz CT molecular complexity index is 651. The van der Waals surface area contributed by atoms with E-state index in [4.69, 9.17) is 0 Å². The van der Waals surface area contributed by atoms with Crippen LogP contribution < -0.4 is 5.32 Å². The molecule has 0 aliphatic carbocycles. The highest BCUT2D eigenvalue weighted by molar-refractivity contribution is 14.1. The monoisotopic (exact) mass is 386 g/mol. The van der Waals surface area contributed by atoms with Crippen LogP contribution in [0.3, 0.4) is 0 Å². The number of pyridine rings is 1. The zero-order chi connectivity index (χ0) is 14.7. The number of nitrogens with one attached hydrogen (secondary N) is 1. The lowest BCUT2D eigenvalue weighted by Gasteiger charge is -2.06. The first-order valence-corrected chi connectivity index (χ1v) is 6.86. The third kappa shape index (κ3) is 3.13. The molecule has 1 N–H and O–H groups in total. The summed E-state index contributed by atoms with van der Waals surface area (Å²) in [6, 6.07) is 4.74. The zero-order valence-electron chi connectivity index (χ0n) is 10.5. The Morgan fingerprint density at radius 3 is 2.85 bits per heavy atom. The summed E-state index contributed by atoms with van der Waals surface area (Å²) in [5, 5.41) is 13.4. The molecule has 2 aromatic heterocycles. The minimum Gasteiger partial charge on any atom is -0.337 e. The van der Waals surface area contributed by atoms with Gasteiger partial charge in [-0.1, -0.05) is 0 Å². The fourth-order valence-corrected chi connectivity index (χ4v) is 2.00. The average Bonchev–Trinajstić information content (AvgIpc) is 2.86. The first kappa shape index (κ1) is 14.4. The quantitative estimate of drug-likeness (QED) is 0.497. The van der Waals surface area contributed by atoms with Crippen molar-refractivity contribution in [3.05, 3.63) is 50.0 Å². The molecular formula is C12H11IN4O3. The van der Waals surface area contributed by atoms with Crippen molar-refractivity contribution >= 4 is 40.0 Å². The highest BCUT2D eigenvalue weighted by Crippen LogP contribution is 2.17. The van der Waals surface area contributed by atoms with Gasteiger partial charge in [-0.05, 0) is 41.6 Å². The van der Waals surface area contributed by atoms with Crippen LogP contribution >= 0.6 is 22.6 Å². The van der Waals surface area contributed by atoms with Gasteiger partial charge >= 0.3 is 0 Å². The predicted octanol–water partition coefficient (Wildman–Crippen LogP) is 2.67. The molecule has 0 atom stereocenters. The predicted molar refractivity (Wildman–Crippen MR) is 81.7 cm³/mol. The molecule has 0 spiro atoms. The minimum atomic E-state index is -0.522. The molecule has 0 saturated carbocycles. The van der Waals surface area contributed by atoms with Crippen molar-refractivity contribution in [3.8, 4) is 0 Å². The van der Waals surface area contributed by atoms with Gasteiger partial charge in [-0.25, -0.2) is 4.98 Å². The van der Waals surface area contributed by atoms with E-state index >= 15 is 0 Å². The smallest absolute Gasteiger partial charge is 0.287 e. The van der Waals surface area contributed by atoms with Gasteiger partial charge in [0.1, 0.15) is 11.5 Å². The van der Waals surface area contributed by atoms with Crippen molar-refractivity contribution in [3.63, 3.8) is 0 Å². The van der Waals surface area contributed by atoms with E-state index in [2.05, 4.69) is 32.9 Å². The summed E-state index contributed by atoms with van der Waals surface area (Å²) in [5.41, 5.74) is 0.132. The second kappa shape index (κ2) is 5.99. The third-order valence-electron chi connectivity index (χ3n) is 2.64.